The van der Waals surface area contributed by atoms with Gasteiger partial charge in [-0.1, -0.05) is 31.2 Å². The molecule has 0 amide bonds. The van der Waals surface area contributed by atoms with Crippen LogP contribution in [0.2, 0.25) is 0 Å². The third-order valence-electron chi connectivity index (χ3n) is 2.90. The number of rotatable bonds is 4. The molecule has 0 aliphatic heterocycles. The molecule has 0 radical (unpaired) electrons. The van der Waals surface area contributed by atoms with Gasteiger partial charge in [0.2, 0.25) is 0 Å². The van der Waals surface area contributed by atoms with Crippen molar-refractivity contribution in [3.8, 4) is 0 Å². The van der Waals surface area contributed by atoms with Gasteiger partial charge in [-0.05, 0) is 35.7 Å². The fourth-order valence-electron chi connectivity index (χ4n) is 1.90. The molecule has 0 atom stereocenters. The maximum Gasteiger partial charge on any atom is 0.146 e. The highest BCUT2D eigenvalue weighted by atomic mass is 19.1. The SMILES string of the molecule is CCc1ccccc1CNc1cc(F)ccc1F. The third kappa shape index (κ3) is 2.86. The molecule has 2 aromatic carbocycles. The molecule has 0 aromatic heterocycles. The molecular formula is C15H15F2N. The summed E-state index contributed by atoms with van der Waals surface area (Å²) in [5, 5.41) is 2.93. The van der Waals surface area contributed by atoms with E-state index >= 15 is 0 Å². The van der Waals surface area contributed by atoms with Gasteiger partial charge in [0.1, 0.15) is 11.6 Å². The number of halogens is 2. The van der Waals surface area contributed by atoms with E-state index in [1.807, 2.05) is 24.3 Å². The second-order valence-electron chi connectivity index (χ2n) is 4.10. The number of anilines is 1. The van der Waals surface area contributed by atoms with E-state index < -0.39 is 11.6 Å². The first-order valence-corrected chi connectivity index (χ1v) is 5.96. The Morgan fingerprint density at radius 3 is 2.44 bits per heavy atom. The van der Waals surface area contributed by atoms with Crippen molar-refractivity contribution < 1.29 is 8.78 Å². The fourth-order valence-corrected chi connectivity index (χ4v) is 1.90. The highest BCUT2D eigenvalue weighted by Crippen LogP contribution is 2.17. The summed E-state index contributed by atoms with van der Waals surface area (Å²) >= 11 is 0. The van der Waals surface area contributed by atoms with Gasteiger partial charge in [0, 0.05) is 6.54 Å². The van der Waals surface area contributed by atoms with Gasteiger partial charge < -0.3 is 5.32 Å². The summed E-state index contributed by atoms with van der Waals surface area (Å²) in [7, 11) is 0. The number of benzene rings is 2. The van der Waals surface area contributed by atoms with Gasteiger partial charge in [-0.25, -0.2) is 8.78 Å². The summed E-state index contributed by atoms with van der Waals surface area (Å²) < 4.78 is 26.4. The van der Waals surface area contributed by atoms with Crippen LogP contribution in [-0.2, 0) is 13.0 Å². The van der Waals surface area contributed by atoms with Gasteiger partial charge in [-0.15, -0.1) is 0 Å². The predicted molar refractivity (Wildman–Crippen MR) is 69.5 cm³/mol. The van der Waals surface area contributed by atoms with Gasteiger partial charge in [0.05, 0.1) is 5.69 Å². The first kappa shape index (κ1) is 12.6. The second kappa shape index (κ2) is 5.63. The van der Waals surface area contributed by atoms with Crippen LogP contribution in [0.25, 0.3) is 0 Å². The Hall–Kier alpha value is -1.90. The fraction of sp³-hybridized carbons (Fsp3) is 0.200. The maximum atomic E-state index is 13.4. The van der Waals surface area contributed by atoms with E-state index in [0.29, 0.717) is 6.54 Å². The van der Waals surface area contributed by atoms with Crippen molar-refractivity contribution in [3.05, 3.63) is 65.2 Å². The molecular weight excluding hydrogens is 232 g/mol. The van der Waals surface area contributed by atoms with Gasteiger partial charge in [-0.3, -0.25) is 0 Å². The summed E-state index contributed by atoms with van der Waals surface area (Å²) in [6, 6.07) is 11.4. The number of hydrogen-bond acceptors (Lipinski definition) is 1. The standard InChI is InChI=1S/C15H15F2N/c1-2-11-5-3-4-6-12(11)10-18-15-9-13(16)7-8-14(15)17/h3-9,18H,2,10H2,1H3. The minimum absolute atomic E-state index is 0.195. The molecule has 18 heavy (non-hydrogen) atoms. The summed E-state index contributed by atoms with van der Waals surface area (Å²) in [5.74, 6) is -0.881. The molecule has 0 saturated heterocycles. The van der Waals surface area contributed by atoms with E-state index in [4.69, 9.17) is 0 Å². The second-order valence-corrected chi connectivity index (χ2v) is 4.10. The van der Waals surface area contributed by atoms with Crippen LogP contribution < -0.4 is 5.32 Å². The Kier molecular flexibility index (Phi) is 3.92. The van der Waals surface area contributed by atoms with Crippen LogP contribution in [-0.4, -0.2) is 0 Å². The van der Waals surface area contributed by atoms with Crippen LogP contribution in [0.1, 0.15) is 18.1 Å². The Labute approximate surface area is 105 Å². The van der Waals surface area contributed by atoms with Crippen LogP contribution >= 0.6 is 0 Å². The highest BCUT2D eigenvalue weighted by molar-refractivity contribution is 5.46. The normalized spacial score (nSPS) is 10.4. The lowest BCUT2D eigenvalue weighted by atomic mass is 10.1. The van der Waals surface area contributed by atoms with Crippen molar-refractivity contribution >= 4 is 5.69 Å². The molecule has 0 aliphatic carbocycles. The summed E-state index contributed by atoms with van der Waals surface area (Å²) in [5.41, 5.74) is 2.51. The zero-order chi connectivity index (χ0) is 13.0. The van der Waals surface area contributed by atoms with Crippen LogP contribution in [0.5, 0.6) is 0 Å². The topological polar surface area (TPSA) is 12.0 Å². The quantitative estimate of drug-likeness (QED) is 0.856. The lowest BCUT2D eigenvalue weighted by molar-refractivity contribution is 0.602. The smallest absolute Gasteiger partial charge is 0.146 e. The average Bonchev–Trinajstić information content (AvgIpc) is 2.40. The highest BCUT2D eigenvalue weighted by Gasteiger charge is 2.04. The Balaban J connectivity index is 2.14. The van der Waals surface area contributed by atoms with Crippen molar-refractivity contribution in [2.75, 3.05) is 5.32 Å². The number of aryl methyl sites for hydroxylation is 1. The number of hydrogen-bond donors (Lipinski definition) is 1. The van der Waals surface area contributed by atoms with Gasteiger partial charge >= 0.3 is 0 Å². The van der Waals surface area contributed by atoms with E-state index in [0.717, 1.165) is 24.1 Å². The molecule has 1 N–H and O–H groups in total. The largest absolute Gasteiger partial charge is 0.379 e. The van der Waals surface area contributed by atoms with E-state index in [2.05, 4.69) is 12.2 Å². The van der Waals surface area contributed by atoms with E-state index in [-0.39, 0.29) is 5.69 Å². The van der Waals surface area contributed by atoms with E-state index in [9.17, 15) is 8.78 Å². The molecule has 2 rings (SSSR count). The van der Waals surface area contributed by atoms with E-state index in [1.54, 1.807) is 0 Å². The average molecular weight is 247 g/mol. The number of nitrogens with one attached hydrogen (secondary N) is 1. The van der Waals surface area contributed by atoms with Crippen molar-refractivity contribution in [3.63, 3.8) is 0 Å². The van der Waals surface area contributed by atoms with Gasteiger partial charge in [0.15, 0.2) is 0 Å². The lowest BCUT2D eigenvalue weighted by Crippen LogP contribution is -2.04. The van der Waals surface area contributed by atoms with Crippen molar-refractivity contribution in [2.45, 2.75) is 19.9 Å². The lowest BCUT2D eigenvalue weighted by Gasteiger charge is -2.11. The molecule has 0 heterocycles. The Bertz CT molecular complexity index is 538. The monoisotopic (exact) mass is 247 g/mol. The molecule has 0 aliphatic rings. The van der Waals surface area contributed by atoms with Crippen LogP contribution in [0.4, 0.5) is 14.5 Å². The van der Waals surface area contributed by atoms with Crippen LogP contribution in [0, 0.1) is 11.6 Å². The van der Waals surface area contributed by atoms with Crippen LogP contribution in [0.3, 0.4) is 0 Å². The third-order valence-corrected chi connectivity index (χ3v) is 2.90. The first-order chi connectivity index (χ1) is 8.70. The molecule has 0 fully saturated rings. The van der Waals surface area contributed by atoms with Gasteiger partial charge in [0.25, 0.3) is 0 Å². The molecule has 3 heteroatoms. The molecule has 0 spiro atoms. The Morgan fingerprint density at radius 1 is 1.00 bits per heavy atom. The zero-order valence-corrected chi connectivity index (χ0v) is 10.2. The molecule has 2 aromatic rings. The zero-order valence-electron chi connectivity index (χ0n) is 10.2. The van der Waals surface area contributed by atoms with Crippen LogP contribution in [0.15, 0.2) is 42.5 Å². The minimum Gasteiger partial charge on any atom is -0.379 e. The molecule has 0 bridgehead atoms. The maximum absolute atomic E-state index is 13.4. The summed E-state index contributed by atoms with van der Waals surface area (Å²) in [6.07, 6.45) is 0.920. The molecule has 0 saturated carbocycles. The molecule has 94 valence electrons. The minimum atomic E-state index is -0.442. The first-order valence-electron chi connectivity index (χ1n) is 5.96. The van der Waals surface area contributed by atoms with Crippen molar-refractivity contribution in [2.24, 2.45) is 0 Å². The summed E-state index contributed by atoms with van der Waals surface area (Å²) in [6.45, 7) is 2.56. The summed E-state index contributed by atoms with van der Waals surface area (Å²) in [4.78, 5) is 0. The van der Waals surface area contributed by atoms with Gasteiger partial charge in [-0.2, -0.15) is 0 Å². The molecule has 0 unspecified atom stereocenters. The van der Waals surface area contributed by atoms with Crippen molar-refractivity contribution in [1.29, 1.82) is 0 Å². The Morgan fingerprint density at radius 2 is 1.72 bits per heavy atom. The molecule has 1 nitrogen and oxygen atoms in total. The van der Waals surface area contributed by atoms with E-state index in [1.165, 1.54) is 11.6 Å². The predicted octanol–water partition coefficient (Wildman–Crippen LogP) is 4.14. The van der Waals surface area contributed by atoms with Crippen molar-refractivity contribution in [1.82, 2.24) is 0 Å².